The number of pyridine rings is 1. The van der Waals surface area contributed by atoms with Crippen LogP contribution in [0.4, 0.5) is 4.79 Å². The number of rotatable bonds is 13. The van der Waals surface area contributed by atoms with E-state index in [0.29, 0.717) is 30.0 Å². The van der Waals surface area contributed by atoms with Crippen molar-refractivity contribution in [3.8, 4) is 11.5 Å². The lowest BCUT2D eigenvalue weighted by Gasteiger charge is -2.22. The Hall–Kier alpha value is -4.60. The molecule has 2 heterocycles. The minimum atomic E-state index is -1.07. The highest BCUT2D eigenvalue weighted by molar-refractivity contribution is 5.87. The first-order valence-corrected chi connectivity index (χ1v) is 13.8. The van der Waals surface area contributed by atoms with Crippen LogP contribution in [0.2, 0.25) is 0 Å². The van der Waals surface area contributed by atoms with E-state index in [2.05, 4.69) is 20.9 Å². The summed E-state index contributed by atoms with van der Waals surface area (Å²) in [5, 5.41) is 17.8. The van der Waals surface area contributed by atoms with Crippen molar-refractivity contribution < 1.29 is 29.0 Å². The number of nitrogens with one attached hydrogen (secondary N) is 3. The predicted molar refractivity (Wildman–Crippen MR) is 153 cm³/mol. The predicted octanol–water partition coefficient (Wildman–Crippen LogP) is 4.40. The topological polar surface area (TPSA) is 139 Å². The molecule has 1 aromatic heterocycles. The summed E-state index contributed by atoms with van der Waals surface area (Å²) >= 11 is 0. The zero-order valence-corrected chi connectivity index (χ0v) is 23.3. The summed E-state index contributed by atoms with van der Waals surface area (Å²) in [6, 6.07) is 16.7. The molecule has 0 fully saturated rings. The van der Waals surface area contributed by atoms with Gasteiger partial charge >= 0.3 is 12.0 Å². The normalized spacial score (nSPS) is 13.2. The summed E-state index contributed by atoms with van der Waals surface area (Å²) < 4.78 is 10.7. The molecule has 2 atom stereocenters. The van der Waals surface area contributed by atoms with Crippen LogP contribution in [-0.4, -0.2) is 40.8 Å². The largest absolute Gasteiger partial charge is 0.481 e. The third-order valence-electron chi connectivity index (χ3n) is 6.77. The standard InChI is InChI=1S/C31H36N4O6/c1-3-4-8-25(30(38)32-18-22-11-9-21(10-12-22)15-24-7-5-6-20(2)33-24)34-31(39)35-26(17-29(36)37)23-13-14-27-28(16-23)41-19-40-27/h5-7,9-14,16,25-26H,3-4,8,15,17-19H2,1-2H3,(H,32,38)(H,36,37)(H2,34,35,39)/t25-,26-/m0/s1. The number of hydrogen-bond acceptors (Lipinski definition) is 6. The number of unbranched alkanes of at least 4 members (excludes halogenated alkanes) is 1. The molecule has 0 saturated carbocycles. The van der Waals surface area contributed by atoms with Crippen molar-refractivity contribution in [2.75, 3.05) is 6.79 Å². The molecule has 0 spiro atoms. The molecule has 0 aliphatic carbocycles. The number of hydrogen-bond donors (Lipinski definition) is 4. The van der Waals surface area contributed by atoms with Gasteiger partial charge in [-0.2, -0.15) is 0 Å². The summed E-state index contributed by atoms with van der Waals surface area (Å²) in [5.41, 5.74) is 4.59. The first-order chi connectivity index (χ1) is 19.8. The molecule has 3 aromatic rings. The second-order valence-electron chi connectivity index (χ2n) is 10.1. The number of carbonyl (C=O) groups excluding carboxylic acids is 2. The molecule has 10 nitrogen and oxygen atoms in total. The number of benzene rings is 2. The molecule has 0 saturated heterocycles. The fraction of sp³-hybridized carbons (Fsp3) is 0.355. The summed E-state index contributed by atoms with van der Waals surface area (Å²) in [4.78, 5) is 42.1. The van der Waals surface area contributed by atoms with Gasteiger partial charge in [0.05, 0.1) is 12.5 Å². The van der Waals surface area contributed by atoms with Gasteiger partial charge in [-0.15, -0.1) is 0 Å². The molecule has 1 aliphatic rings. The molecule has 0 bridgehead atoms. The number of carbonyl (C=O) groups is 3. The summed E-state index contributed by atoms with van der Waals surface area (Å²) in [7, 11) is 0. The van der Waals surface area contributed by atoms with Crippen molar-refractivity contribution in [2.45, 2.75) is 64.6 Å². The van der Waals surface area contributed by atoms with Crippen LogP contribution in [0.1, 0.15) is 66.7 Å². The highest BCUT2D eigenvalue weighted by atomic mass is 16.7. The van der Waals surface area contributed by atoms with E-state index in [1.165, 1.54) is 0 Å². The van der Waals surface area contributed by atoms with E-state index in [1.807, 2.05) is 56.3 Å². The van der Waals surface area contributed by atoms with Crippen LogP contribution >= 0.6 is 0 Å². The Morgan fingerprint density at radius 3 is 2.46 bits per heavy atom. The first-order valence-electron chi connectivity index (χ1n) is 13.8. The van der Waals surface area contributed by atoms with E-state index < -0.39 is 24.1 Å². The van der Waals surface area contributed by atoms with Crippen molar-refractivity contribution in [1.29, 1.82) is 0 Å². The van der Waals surface area contributed by atoms with E-state index in [4.69, 9.17) is 9.47 Å². The second kappa shape index (κ2) is 14.2. The lowest BCUT2D eigenvalue weighted by atomic mass is 10.0. The first kappa shape index (κ1) is 29.4. The number of urea groups is 1. The minimum absolute atomic E-state index is 0.0829. The molecular formula is C31H36N4O6. The van der Waals surface area contributed by atoms with Crippen LogP contribution in [0, 0.1) is 6.92 Å². The van der Waals surface area contributed by atoms with Gasteiger partial charge in [-0.1, -0.05) is 56.2 Å². The number of nitrogens with zero attached hydrogens (tertiary/aromatic N) is 1. The Labute approximate surface area is 239 Å². The van der Waals surface area contributed by atoms with Crippen LogP contribution in [0.25, 0.3) is 0 Å². The van der Waals surface area contributed by atoms with Gasteiger partial charge in [-0.25, -0.2) is 4.79 Å². The van der Waals surface area contributed by atoms with Crippen LogP contribution < -0.4 is 25.4 Å². The van der Waals surface area contributed by atoms with E-state index in [1.54, 1.807) is 18.2 Å². The van der Waals surface area contributed by atoms with Crippen molar-refractivity contribution >= 4 is 17.9 Å². The van der Waals surface area contributed by atoms with Gasteiger partial charge in [0.15, 0.2) is 11.5 Å². The van der Waals surface area contributed by atoms with Gasteiger partial charge in [0.2, 0.25) is 12.7 Å². The number of carboxylic acids is 1. The van der Waals surface area contributed by atoms with Gasteiger partial charge in [-0.3, -0.25) is 14.6 Å². The fourth-order valence-electron chi connectivity index (χ4n) is 4.59. The van der Waals surface area contributed by atoms with Gasteiger partial charge in [0, 0.05) is 24.4 Å². The van der Waals surface area contributed by atoms with Gasteiger partial charge in [0.25, 0.3) is 0 Å². The number of aliphatic carboxylic acids is 1. The van der Waals surface area contributed by atoms with Crippen molar-refractivity contribution in [1.82, 2.24) is 20.9 Å². The third kappa shape index (κ3) is 8.69. The molecule has 216 valence electrons. The van der Waals surface area contributed by atoms with E-state index in [0.717, 1.165) is 41.8 Å². The maximum Gasteiger partial charge on any atom is 0.315 e. The number of carboxylic acid groups (broad SMARTS) is 1. The van der Waals surface area contributed by atoms with Gasteiger partial charge < -0.3 is 30.5 Å². The number of ether oxygens (including phenoxy) is 2. The molecule has 0 radical (unpaired) electrons. The lowest BCUT2D eigenvalue weighted by Crippen LogP contribution is -2.50. The van der Waals surface area contributed by atoms with Gasteiger partial charge in [-0.05, 0) is 54.3 Å². The van der Waals surface area contributed by atoms with Crippen molar-refractivity contribution in [3.05, 3.63) is 88.7 Å². The molecule has 4 rings (SSSR count). The molecule has 2 aromatic carbocycles. The molecule has 41 heavy (non-hydrogen) atoms. The van der Waals surface area contributed by atoms with Crippen LogP contribution in [0.15, 0.2) is 60.7 Å². The average molecular weight is 561 g/mol. The smallest absolute Gasteiger partial charge is 0.315 e. The van der Waals surface area contributed by atoms with Crippen LogP contribution in [0.3, 0.4) is 0 Å². The average Bonchev–Trinajstić information content (AvgIpc) is 3.42. The summed E-state index contributed by atoms with van der Waals surface area (Å²) in [6.07, 6.45) is 2.42. The highest BCUT2D eigenvalue weighted by Gasteiger charge is 2.25. The maximum atomic E-state index is 13.1. The zero-order valence-electron chi connectivity index (χ0n) is 23.3. The maximum absolute atomic E-state index is 13.1. The Morgan fingerprint density at radius 2 is 1.73 bits per heavy atom. The number of fused-ring (bicyclic) bond motifs is 1. The molecular weight excluding hydrogens is 524 g/mol. The number of aryl methyl sites for hydroxylation is 1. The molecule has 10 heteroatoms. The third-order valence-corrected chi connectivity index (χ3v) is 6.77. The van der Waals surface area contributed by atoms with Crippen molar-refractivity contribution in [3.63, 3.8) is 0 Å². The minimum Gasteiger partial charge on any atom is -0.481 e. The Kier molecular flexibility index (Phi) is 10.1. The molecule has 3 amide bonds. The molecule has 4 N–H and O–H groups in total. The van der Waals surface area contributed by atoms with E-state index in [9.17, 15) is 19.5 Å². The lowest BCUT2D eigenvalue weighted by molar-refractivity contribution is -0.137. The monoisotopic (exact) mass is 560 g/mol. The fourth-order valence-corrected chi connectivity index (χ4v) is 4.59. The number of amides is 3. The van der Waals surface area contributed by atoms with E-state index >= 15 is 0 Å². The quantitative estimate of drug-likeness (QED) is 0.243. The molecule has 1 aliphatic heterocycles. The van der Waals surface area contributed by atoms with Crippen LogP contribution in [-0.2, 0) is 22.6 Å². The molecule has 0 unspecified atom stereocenters. The van der Waals surface area contributed by atoms with E-state index in [-0.39, 0.29) is 19.1 Å². The SMILES string of the molecule is CCCC[C@H](NC(=O)N[C@@H](CC(=O)O)c1ccc2c(c1)OCO2)C(=O)NCc1ccc(Cc2cccc(C)n2)cc1. The van der Waals surface area contributed by atoms with Crippen LogP contribution in [0.5, 0.6) is 11.5 Å². The Morgan fingerprint density at radius 1 is 0.976 bits per heavy atom. The Bertz CT molecular complexity index is 1360. The zero-order chi connectivity index (χ0) is 29.2. The highest BCUT2D eigenvalue weighted by Crippen LogP contribution is 2.34. The second-order valence-corrected chi connectivity index (χ2v) is 10.1. The van der Waals surface area contributed by atoms with Gasteiger partial charge in [0.1, 0.15) is 6.04 Å². The Balaban J connectivity index is 1.34. The summed E-state index contributed by atoms with van der Waals surface area (Å²) in [5.74, 6) is -0.337. The summed E-state index contributed by atoms with van der Waals surface area (Å²) in [6.45, 7) is 4.37. The number of aromatic nitrogens is 1. The van der Waals surface area contributed by atoms with Crippen molar-refractivity contribution in [2.24, 2.45) is 0 Å².